The van der Waals surface area contributed by atoms with Gasteiger partial charge >= 0.3 is 6.01 Å². The number of rotatable bonds is 7. The minimum absolute atomic E-state index is 0.0133. The average Bonchev–Trinajstić information content (AvgIpc) is 3.27. The fourth-order valence-electron chi connectivity index (χ4n) is 2.95. The summed E-state index contributed by atoms with van der Waals surface area (Å²) in [5.74, 6) is 0.490. The lowest BCUT2D eigenvalue weighted by Crippen LogP contribution is -2.30. The van der Waals surface area contributed by atoms with Crippen molar-refractivity contribution in [3.8, 4) is 0 Å². The van der Waals surface area contributed by atoms with Crippen molar-refractivity contribution in [2.75, 3.05) is 18.0 Å². The predicted octanol–water partition coefficient (Wildman–Crippen LogP) is 2.87. The largest absolute Gasteiger partial charge is 0.406 e. The number of aromatic nitrogens is 2. The van der Waals surface area contributed by atoms with Gasteiger partial charge in [-0.2, -0.15) is 0 Å². The van der Waals surface area contributed by atoms with Crippen molar-refractivity contribution >= 4 is 11.9 Å². The van der Waals surface area contributed by atoms with Crippen molar-refractivity contribution < 1.29 is 9.21 Å². The molecule has 0 bridgehead atoms. The Morgan fingerprint density at radius 3 is 2.71 bits per heavy atom. The molecule has 0 saturated carbocycles. The summed E-state index contributed by atoms with van der Waals surface area (Å²) in [5, 5.41) is 11.4. The minimum atomic E-state index is -0.296. The molecule has 6 heteroatoms. The first-order valence-corrected chi connectivity index (χ1v) is 8.68. The molecule has 0 radical (unpaired) electrons. The van der Waals surface area contributed by atoms with Crippen LogP contribution in [0.1, 0.15) is 50.1 Å². The number of amides is 1. The van der Waals surface area contributed by atoms with Crippen LogP contribution in [0, 0.1) is 0 Å². The molecule has 1 unspecified atom stereocenters. The monoisotopic (exact) mass is 328 g/mol. The zero-order valence-corrected chi connectivity index (χ0v) is 14.1. The van der Waals surface area contributed by atoms with Crippen LogP contribution in [0.15, 0.2) is 34.7 Å². The zero-order chi connectivity index (χ0) is 16.8. The summed E-state index contributed by atoms with van der Waals surface area (Å²) in [6.45, 7) is 3.89. The molecule has 1 aromatic heterocycles. The van der Waals surface area contributed by atoms with Crippen molar-refractivity contribution in [3.05, 3.63) is 41.8 Å². The van der Waals surface area contributed by atoms with Crippen molar-refractivity contribution in [3.63, 3.8) is 0 Å². The highest BCUT2D eigenvalue weighted by Gasteiger charge is 2.24. The Hall–Kier alpha value is -2.37. The lowest BCUT2D eigenvalue weighted by atomic mass is 10.1. The van der Waals surface area contributed by atoms with E-state index in [-0.39, 0.29) is 11.9 Å². The number of carbonyl (C=O) groups excluding carboxylic acids is 1. The van der Waals surface area contributed by atoms with Crippen molar-refractivity contribution in [1.29, 1.82) is 0 Å². The van der Waals surface area contributed by atoms with Crippen LogP contribution in [0.3, 0.4) is 0 Å². The van der Waals surface area contributed by atoms with Crippen LogP contribution in [0.2, 0.25) is 0 Å². The fourth-order valence-corrected chi connectivity index (χ4v) is 2.95. The highest BCUT2D eigenvalue weighted by molar-refractivity contribution is 5.76. The Labute approximate surface area is 142 Å². The molecule has 1 fully saturated rings. The van der Waals surface area contributed by atoms with Crippen LogP contribution in [0.4, 0.5) is 6.01 Å². The molecule has 2 heterocycles. The van der Waals surface area contributed by atoms with Gasteiger partial charge in [-0.25, -0.2) is 0 Å². The highest BCUT2D eigenvalue weighted by Crippen LogP contribution is 2.23. The van der Waals surface area contributed by atoms with E-state index >= 15 is 0 Å². The van der Waals surface area contributed by atoms with E-state index in [4.69, 9.17) is 4.42 Å². The molecule has 24 heavy (non-hydrogen) atoms. The molecule has 2 aromatic rings. The molecule has 1 aliphatic rings. The quantitative estimate of drug-likeness (QED) is 0.846. The maximum atomic E-state index is 12.1. The van der Waals surface area contributed by atoms with E-state index in [0.29, 0.717) is 24.7 Å². The number of nitrogens with one attached hydrogen (secondary N) is 1. The fraction of sp³-hybridized carbons (Fsp3) is 0.500. The van der Waals surface area contributed by atoms with Gasteiger partial charge in [0.05, 0.1) is 0 Å². The van der Waals surface area contributed by atoms with E-state index in [1.165, 1.54) is 0 Å². The summed E-state index contributed by atoms with van der Waals surface area (Å²) in [7, 11) is 0. The molecule has 0 aliphatic carbocycles. The Morgan fingerprint density at radius 2 is 2.00 bits per heavy atom. The van der Waals surface area contributed by atoms with Gasteiger partial charge < -0.3 is 14.6 Å². The summed E-state index contributed by atoms with van der Waals surface area (Å²) >= 11 is 0. The van der Waals surface area contributed by atoms with Crippen LogP contribution >= 0.6 is 0 Å². The van der Waals surface area contributed by atoms with Gasteiger partial charge in [-0.15, -0.1) is 5.10 Å². The van der Waals surface area contributed by atoms with Crippen LogP contribution in [0.5, 0.6) is 0 Å². The second-order valence-electron chi connectivity index (χ2n) is 6.18. The molecule has 128 valence electrons. The average molecular weight is 328 g/mol. The van der Waals surface area contributed by atoms with Gasteiger partial charge in [0.25, 0.3) is 0 Å². The SMILES string of the molecule is CCCC(=O)NC(Cc1ccccc1)c1nnc(N2CCCC2)o1. The van der Waals surface area contributed by atoms with E-state index < -0.39 is 0 Å². The first-order chi connectivity index (χ1) is 11.8. The zero-order valence-electron chi connectivity index (χ0n) is 14.1. The molecule has 0 spiro atoms. The van der Waals surface area contributed by atoms with E-state index in [9.17, 15) is 4.79 Å². The molecule has 6 nitrogen and oxygen atoms in total. The normalized spacial score (nSPS) is 15.5. The second kappa shape index (κ2) is 7.95. The highest BCUT2D eigenvalue weighted by atomic mass is 16.4. The Kier molecular flexibility index (Phi) is 5.46. The topological polar surface area (TPSA) is 71.3 Å². The third-order valence-electron chi connectivity index (χ3n) is 4.20. The van der Waals surface area contributed by atoms with Gasteiger partial charge in [-0.05, 0) is 24.8 Å². The second-order valence-corrected chi connectivity index (χ2v) is 6.18. The van der Waals surface area contributed by atoms with E-state index in [0.717, 1.165) is 37.9 Å². The van der Waals surface area contributed by atoms with Gasteiger partial charge in [0.1, 0.15) is 6.04 Å². The number of carbonyl (C=O) groups is 1. The minimum Gasteiger partial charge on any atom is -0.406 e. The van der Waals surface area contributed by atoms with Crippen LogP contribution in [0.25, 0.3) is 0 Å². The van der Waals surface area contributed by atoms with E-state index in [1.54, 1.807) is 0 Å². The molecule has 1 amide bonds. The number of anilines is 1. The van der Waals surface area contributed by atoms with Crippen LogP contribution < -0.4 is 10.2 Å². The Bertz CT molecular complexity index is 650. The molecule has 3 rings (SSSR count). The lowest BCUT2D eigenvalue weighted by Gasteiger charge is -2.16. The summed E-state index contributed by atoms with van der Waals surface area (Å²) < 4.78 is 5.87. The summed E-state index contributed by atoms with van der Waals surface area (Å²) in [5.41, 5.74) is 1.13. The summed E-state index contributed by atoms with van der Waals surface area (Å²) in [6, 6.07) is 10.3. The van der Waals surface area contributed by atoms with Crippen LogP contribution in [-0.4, -0.2) is 29.2 Å². The maximum Gasteiger partial charge on any atom is 0.318 e. The van der Waals surface area contributed by atoms with Gasteiger partial charge in [0.2, 0.25) is 11.8 Å². The standard InChI is InChI=1S/C18H24N4O2/c1-2-8-16(23)19-15(13-14-9-4-3-5-10-14)17-20-21-18(24-17)22-11-6-7-12-22/h3-5,9-10,15H,2,6-8,11-13H2,1H3,(H,19,23). The molecule has 1 saturated heterocycles. The lowest BCUT2D eigenvalue weighted by molar-refractivity contribution is -0.122. The smallest absolute Gasteiger partial charge is 0.318 e. The third kappa shape index (κ3) is 4.13. The van der Waals surface area contributed by atoms with Crippen molar-refractivity contribution in [1.82, 2.24) is 15.5 Å². The van der Waals surface area contributed by atoms with Gasteiger partial charge in [0.15, 0.2) is 0 Å². The van der Waals surface area contributed by atoms with Crippen molar-refractivity contribution in [2.45, 2.75) is 45.1 Å². The van der Waals surface area contributed by atoms with Crippen LogP contribution in [-0.2, 0) is 11.2 Å². The molecule has 1 N–H and O–H groups in total. The van der Waals surface area contributed by atoms with E-state index in [1.807, 2.05) is 37.3 Å². The molecular weight excluding hydrogens is 304 g/mol. The molecule has 1 aliphatic heterocycles. The Morgan fingerprint density at radius 1 is 1.25 bits per heavy atom. The predicted molar refractivity (Wildman–Crippen MR) is 91.7 cm³/mol. The number of nitrogens with zero attached hydrogens (tertiary/aromatic N) is 3. The maximum absolute atomic E-state index is 12.1. The first-order valence-electron chi connectivity index (χ1n) is 8.68. The number of benzene rings is 1. The number of hydrogen-bond acceptors (Lipinski definition) is 5. The molecular formula is C18H24N4O2. The van der Waals surface area contributed by atoms with Gasteiger partial charge in [-0.3, -0.25) is 4.79 Å². The Balaban J connectivity index is 1.76. The molecule has 1 atom stereocenters. The molecule has 1 aromatic carbocycles. The first kappa shape index (κ1) is 16.5. The van der Waals surface area contributed by atoms with Gasteiger partial charge in [0, 0.05) is 25.9 Å². The summed E-state index contributed by atoms with van der Waals surface area (Å²) in [6.07, 6.45) is 4.25. The summed E-state index contributed by atoms with van der Waals surface area (Å²) in [4.78, 5) is 14.2. The van der Waals surface area contributed by atoms with Crippen molar-refractivity contribution in [2.24, 2.45) is 0 Å². The third-order valence-corrected chi connectivity index (χ3v) is 4.20. The van der Waals surface area contributed by atoms with Gasteiger partial charge in [-0.1, -0.05) is 42.4 Å². The van der Waals surface area contributed by atoms with E-state index in [2.05, 4.69) is 20.4 Å². The number of hydrogen-bond donors (Lipinski definition) is 1.